The van der Waals surface area contributed by atoms with Crippen LogP contribution in [0, 0.1) is 5.82 Å². The van der Waals surface area contributed by atoms with Gasteiger partial charge in [-0.25, -0.2) is 9.37 Å². The molecule has 0 radical (unpaired) electrons. The van der Waals surface area contributed by atoms with E-state index in [0.29, 0.717) is 32.7 Å². The molecule has 0 N–H and O–H groups in total. The predicted octanol–water partition coefficient (Wildman–Crippen LogP) is 1.64. The van der Waals surface area contributed by atoms with Crippen molar-refractivity contribution in [3.63, 3.8) is 0 Å². The predicted molar refractivity (Wildman–Crippen MR) is 91.9 cm³/mol. The summed E-state index contributed by atoms with van der Waals surface area (Å²) in [5.41, 5.74) is 3.15. The van der Waals surface area contributed by atoms with Crippen molar-refractivity contribution in [1.82, 2.24) is 19.4 Å². The van der Waals surface area contributed by atoms with E-state index in [1.54, 1.807) is 6.20 Å². The van der Waals surface area contributed by atoms with Crippen LogP contribution in [0.2, 0.25) is 0 Å². The molecule has 0 aromatic carbocycles. The molecule has 25 heavy (non-hydrogen) atoms. The monoisotopic (exact) mass is 343 g/mol. The number of aromatic nitrogens is 3. The number of hydrogen-bond donors (Lipinski definition) is 0. The SMILES string of the molecule is O=C(Cn1cnc2c1CCCC2)N1CCN(c2cncc(F)c2)CC1. The molecule has 1 aliphatic carbocycles. The first-order valence-corrected chi connectivity index (χ1v) is 8.87. The molecule has 0 atom stereocenters. The van der Waals surface area contributed by atoms with Gasteiger partial charge in [0.05, 0.1) is 30.1 Å². The molecule has 7 heteroatoms. The summed E-state index contributed by atoms with van der Waals surface area (Å²) in [5.74, 6) is -0.205. The summed E-state index contributed by atoms with van der Waals surface area (Å²) in [4.78, 5) is 24.9. The molecule has 2 aliphatic rings. The van der Waals surface area contributed by atoms with Crippen LogP contribution in [0.4, 0.5) is 10.1 Å². The normalized spacial score (nSPS) is 17.5. The van der Waals surface area contributed by atoms with Crippen molar-refractivity contribution >= 4 is 11.6 Å². The number of halogens is 1. The number of carbonyl (C=O) groups is 1. The zero-order valence-corrected chi connectivity index (χ0v) is 14.2. The van der Waals surface area contributed by atoms with Crippen molar-refractivity contribution < 1.29 is 9.18 Å². The highest BCUT2D eigenvalue weighted by atomic mass is 19.1. The molecule has 1 aliphatic heterocycles. The van der Waals surface area contributed by atoms with E-state index >= 15 is 0 Å². The van der Waals surface area contributed by atoms with Crippen molar-refractivity contribution in [2.45, 2.75) is 32.2 Å². The van der Waals surface area contributed by atoms with Crippen LogP contribution in [0.25, 0.3) is 0 Å². The number of piperazine rings is 1. The van der Waals surface area contributed by atoms with E-state index in [9.17, 15) is 9.18 Å². The molecule has 1 amide bonds. The second kappa shape index (κ2) is 6.82. The first kappa shape index (κ1) is 16.1. The van der Waals surface area contributed by atoms with Gasteiger partial charge in [-0.1, -0.05) is 0 Å². The van der Waals surface area contributed by atoms with Crippen LogP contribution in [0.15, 0.2) is 24.8 Å². The lowest BCUT2D eigenvalue weighted by Crippen LogP contribution is -2.49. The summed E-state index contributed by atoms with van der Waals surface area (Å²) >= 11 is 0. The Labute approximate surface area is 146 Å². The van der Waals surface area contributed by atoms with Gasteiger partial charge < -0.3 is 14.4 Å². The topological polar surface area (TPSA) is 54.3 Å². The molecule has 0 spiro atoms. The maximum Gasteiger partial charge on any atom is 0.242 e. The number of nitrogens with zero attached hydrogens (tertiary/aromatic N) is 5. The molecule has 0 unspecified atom stereocenters. The number of carbonyl (C=O) groups excluding carboxylic acids is 1. The van der Waals surface area contributed by atoms with Crippen LogP contribution >= 0.6 is 0 Å². The summed E-state index contributed by atoms with van der Waals surface area (Å²) in [6, 6.07) is 1.49. The third-order valence-corrected chi connectivity index (χ3v) is 5.10. The number of rotatable bonds is 3. The largest absolute Gasteiger partial charge is 0.367 e. The Morgan fingerprint density at radius 3 is 2.72 bits per heavy atom. The van der Waals surface area contributed by atoms with Crippen molar-refractivity contribution in [3.8, 4) is 0 Å². The number of pyridine rings is 1. The molecule has 0 bridgehead atoms. The van der Waals surface area contributed by atoms with Gasteiger partial charge in [-0.3, -0.25) is 9.78 Å². The van der Waals surface area contributed by atoms with Crippen LogP contribution in [-0.4, -0.2) is 51.5 Å². The van der Waals surface area contributed by atoms with E-state index in [1.807, 2.05) is 15.8 Å². The Morgan fingerprint density at radius 1 is 1.12 bits per heavy atom. The lowest BCUT2D eigenvalue weighted by Gasteiger charge is -2.36. The highest BCUT2D eigenvalue weighted by Gasteiger charge is 2.23. The van der Waals surface area contributed by atoms with Gasteiger partial charge in [-0.15, -0.1) is 0 Å². The summed E-state index contributed by atoms with van der Waals surface area (Å²) in [6.45, 7) is 3.04. The second-order valence-corrected chi connectivity index (χ2v) is 6.70. The molecule has 2 aromatic heterocycles. The van der Waals surface area contributed by atoms with Gasteiger partial charge in [0, 0.05) is 37.9 Å². The van der Waals surface area contributed by atoms with E-state index in [4.69, 9.17) is 0 Å². The average Bonchev–Trinajstić information content (AvgIpc) is 3.05. The lowest BCUT2D eigenvalue weighted by molar-refractivity contribution is -0.132. The highest BCUT2D eigenvalue weighted by molar-refractivity contribution is 5.76. The molecule has 2 aromatic rings. The smallest absolute Gasteiger partial charge is 0.242 e. The third kappa shape index (κ3) is 3.36. The fourth-order valence-electron chi connectivity index (χ4n) is 3.70. The first-order valence-electron chi connectivity index (χ1n) is 8.87. The van der Waals surface area contributed by atoms with Crippen LogP contribution in [0.3, 0.4) is 0 Å². The molecule has 3 heterocycles. The van der Waals surface area contributed by atoms with Gasteiger partial charge >= 0.3 is 0 Å². The zero-order chi connectivity index (χ0) is 17.2. The molecule has 132 valence electrons. The fourth-order valence-corrected chi connectivity index (χ4v) is 3.70. The second-order valence-electron chi connectivity index (χ2n) is 6.70. The minimum atomic E-state index is -0.333. The molecule has 1 fully saturated rings. The minimum Gasteiger partial charge on any atom is -0.367 e. The average molecular weight is 343 g/mol. The van der Waals surface area contributed by atoms with Crippen LogP contribution < -0.4 is 4.90 Å². The highest BCUT2D eigenvalue weighted by Crippen LogP contribution is 2.20. The van der Waals surface area contributed by atoms with Crippen molar-refractivity contribution in [1.29, 1.82) is 0 Å². The summed E-state index contributed by atoms with van der Waals surface area (Å²) in [5, 5.41) is 0. The molecule has 1 saturated heterocycles. The fraction of sp³-hybridized carbons (Fsp3) is 0.500. The molecular formula is C18H22FN5O. The number of imidazole rings is 1. The number of amides is 1. The maximum absolute atomic E-state index is 13.3. The van der Waals surface area contributed by atoms with Gasteiger partial charge in [-0.05, 0) is 25.7 Å². The lowest BCUT2D eigenvalue weighted by atomic mass is 10.0. The Balaban J connectivity index is 1.36. The number of fused-ring (bicyclic) bond motifs is 1. The number of anilines is 1. The van der Waals surface area contributed by atoms with E-state index in [-0.39, 0.29) is 11.7 Å². The quantitative estimate of drug-likeness (QED) is 0.850. The van der Waals surface area contributed by atoms with E-state index in [0.717, 1.165) is 24.2 Å². The molecule has 4 rings (SSSR count). The number of hydrogen-bond acceptors (Lipinski definition) is 4. The van der Waals surface area contributed by atoms with Crippen LogP contribution in [-0.2, 0) is 24.2 Å². The van der Waals surface area contributed by atoms with E-state index in [2.05, 4.69) is 14.9 Å². The Bertz CT molecular complexity index is 767. The molecule has 0 saturated carbocycles. The minimum absolute atomic E-state index is 0.128. The zero-order valence-electron chi connectivity index (χ0n) is 14.2. The maximum atomic E-state index is 13.3. The summed E-state index contributed by atoms with van der Waals surface area (Å²) in [7, 11) is 0. The van der Waals surface area contributed by atoms with Gasteiger partial charge in [-0.2, -0.15) is 0 Å². The van der Waals surface area contributed by atoms with Crippen molar-refractivity contribution in [2.24, 2.45) is 0 Å². The molecule has 6 nitrogen and oxygen atoms in total. The Hall–Kier alpha value is -2.44. The van der Waals surface area contributed by atoms with Gasteiger partial charge in [0.15, 0.2) is 0 Å². The standard InChI is InChI=1S/C18H22FN5O/c19-14-9-15(11-20-10-14)22-5-7-23(8-6-22)18(25)12-24-13-21-16-3-1-2-4-17(16)24/h9-11,13H,1-8,12H2. The van der Waals surface area contributed by atoms with Crippen LogP contribution in [0.5, 0.6) is 0 Å². The molecular weight excluding hydrogens is 321 g/mol. The summed E-state index contributed by atoms with van der Waals surface area (Å²) in [6.07, 6.45) is 9.08. The van der Waals surface area contributed by atoms with Crippen molar-refractivity contribution in [2.75, 3.05) is 31.1 Å². The Morgan fingerprint density at radius 2 is 1.92 bits per heavy atom. The Kier molecular flexibility index (Phi) is 4.38. The van der Waals surface area contributed by atoms with Crippen LogP contribution in [0.1, 0.15) is 24.2 Å². The van der Waals surface area contributed by atoms with E-state index < -0.39 is 0 Å². The van der Waals surface area contributed by atoms with E-state index in [1.165, 1.54) is 30.8 Å². The van der Waals surface area contributed by atoms with Gasteiger partial charge in [0.25, 0.3) is 0 Å². The van der Waals surface area contributed by atoms with Gasteiger partial charge in [0.2, 0.25) is 5.91 Å². The third-order valence-electron chi connectivity index (χ3n) is 5.10. The van der Waals surface area contributed by atoms with Gasteiger partial charge in [0.1, 0.15) is 12.4 Å². The van der Waals surface area contributed by atoms with Crippen molar-refractivity contribution in [3.05, 3.63) is 42.0 Å². The first-order chi connectivity index (χ1) is 12.2. The summed E-state index contributed by atoms with van der Waals surface area (Å²) < 4.78 is 15.3. The number of aryl methyl sites for hydroxylation is 1.